The van der Waals surface area contributed by atoms with Gasteiger partial charge in [0.15, 0.2) is 0 Å². The maximum absolute atomic E-state index is 13.5. The maximum Gasteiger partial charge on any atom is 0.331 e. The van der Waals surface area contributed by atoms with Crippen molar-refractivity contribution in [2.45, 2.75) is 38.3 Å². The van der Waals surface area contributed by atoms with Crippen molar-refractivity contribution < 1.29 is 14.3 Å². The SMILES string of the molecule is Cc1cc(Oc2ccccc2)ccc1N1C(=O)Nc2c(C(=O)N[C@H]3CCC[C@@H]3N(C)C)sc3nccc1c23.S.S. The van der Waals surface area contributed by atoms with Crippen LogP contribution in [-0.2, 0) is 0 Å². The van der Waals surface area contributed by atoms with Gasteiger partial charge in [-0.3, -0.25) is 9.69 Å². The van der Waals surface area contributed by atoms with Gasteiger partial charge in [-0.25, -0.2) is 9.78 Å². The van der Waals surface area contributed by atoms with Crippen LogP contribution in [0.1, 0.15) is 34.5 Å². The number of para-hydroxylation sites is 1. The number of urea groups is 1. The Labute approximate surface area is 251 Å². The normalized spacial score (nSPS) is 17.7. The van der Waals surface area contributed by atoms with E-state index >= 15 is 0 Å². The molecule has 1 aliphatic heterocycles. The summed E-state index contributed by atoms with van der Waals surface area (Å²) in [6, 6.07) is 17.1. The van der Waals surface area contributed by atoms with Gasteiger partial charge < -0.3 is 20.3 Å². The van der Waals surface area contributed by atoms with Gasteiger partial charge in [-0.15, -0.1) is 11.3 Å². The van der Waals surface area contributed by atoms with Crippen molar-refractivity contribution in [3.05, 3.63) is 71.2 Å². The Morgan fingerprint density at radius 3 is 2.58 bits per heavy atom. The first kappa shape index (κ1) is 29.7. The van der Waals surface area contributed by atoms with E-state index in [1.54, 1.807) is 11.1 Å². The number of nitrogens with one attached hydrogen (secondary N) is 2. The molecule has 0 saturated heterocycles. The summed E-state index contributed by atoms with van der Waals surface area (Å²) < 4.78 is 5.97. The largest absolute Gasteiger partial charge is 0.457 e. The lowest BCUT2D eigenvalue weighted by molar-refractivity contribution is 0.0924. The highest BCUT2D eigenvalue weighted by Gasteiger charge is 2.35. The number of hydrogen-bond donors (Lipinski definition) is 2. The number of thiophene rings is 1. The molecule has 40 heavy (non-hydrogen) atoms. The summed E-state index contributed by atoms with van der Waals surface area (Å²) in [5.41, 5.74) is 2.85. The summed E-state index contributed by atoms with van der Waals surface area (Å²) in [5.74, 6) is 1.27. The van der Waals surface area contributed by atoms with Crippen LogP contribution in [0, 0.1) is 6.92 Å². The Morgan fingerprint density at radius 2 is 1.85 bits per heavy atom. The molecule has 2 aliphatic rings. The minimum atomic E-state index is -0.315. The third-order valence-corrected chi connectivity index (χ3v) is 8.40. The first-order valence-electron chi connectivity index (χ1n) is 12.7. The van der Waals surface area contributed by atoms with E-state index in [1.807, 2.05) is 75.6 Å². The number of amides is 3. The molecular formula is C29H33N5O3S3. The molecule has 0 spiro atoms. The Hall–Kier alpha value is -3.25. The molecule has 0 bridgehead atoms. The standard InChI is InChI=1S/C29H29N5O3S.2H2S/c1-17-16-19(37-18-8-5-4-6-9-18)12-13-21(17)34-23-14-15-30-28-24(23)25(32-29(34)36)26(38-28)27(35)31-20-10-7-11-22(20)33(2)3;;/h4-6,8-9,12-16,20,22H,7,10-11H2,1-3H3,(H,31,35)(H,32,36);2*1H2/t20-,22-;;/m0../s1. The second kappa shape index (κ2) is 12.1. The van der Waals surface area contributed by atoms with Crippen LogP contribution in [0.15, 0.2) is 60.8 Å². The topological polar surface area (TPSA) is 86.8 Å². The number of likely N-dealkylation sites (N-methyl/N-ethyl adjacent to an activating group) is 1. The number of pyridine rings is 1. The Balaban J connectivity index is 0.00000185. The number of carbonyl (C=O) groups is 2. The second-order valence-electron chi connectivity index (χ2n) is 9.99. The Kier molecular flexibility index (Phi) is 8.99. The monoisotopic (exact) mass is 595 g/mol. The number of ether oxygens (including phenoxy) is 1. The van der Waals surface area contributed by atoms with Crippen LogP contribution >= 0.6 is 38.3 Å². The van der Waals surface area contributed by atoms with E-state index in [1.165, 1.54) is 11.3 Å². The number of aryl methyl sites for hydroxylation is 1. The van der Waals surface area contributed by atoms with Crippen molar-refractivity contribution in [2.24, 2.45) is 0 Å². The van der Waals surface area contributed by atoms with Gasteiger partial charge in [-0.05, 0) is 82.2 Å². The van der Waals surface area contributed by atoms with Crippen LogP contribution in [0.3, 0.4) is 0 Å². The molecule has 0 radical (unpaired) electrons. The molecule has 2 aromatic heterocycles. The lowest BCUT2D eigenvalue weighted by Gasteiger charge is -2.30. The molecule has 6 rings (SSSR count). The van der Waals surface area contributed by atoms with Crippen molar-refractivity contribution in [3.63, 3.8) is 0 Å². The van der Waals surface area contributed by atoms with Gasteiger partial charge >= 0.3 is 6.03 Å². The third-order valence-electron chi connectivity index (χ3n) is 7.30. The molecule has 0 unspecified atom stereocenters. The van der Waals surface area contributed by atoms with Crippen molar-refractivity contribution in [2.75, 3.05) is 24.3 Å². The van der Waals surface area contributed by atoms with Gasteiger partial charge in [-0.1, -0.05) is 18.2 Å². The molecule has 2 aromatic carbocycles. The highest BCUT2D eigenvalue weighted by atomic mass is 32.1. The quantitative estimate of drug-likeness (QED) is 0.265. The number of carbonyl (C=O) groups excluding carboxylic acids is 2. The van der Waals surface area contributed by atoms with Gasteiger partial charge in [0.05, 0.1) is 22.4 Å². The second-order valence-corrected chi connectivity index (χ2v) is 11.0. The van der Waals surface area contributed by atoms with Gasteiger partial charge in [-0.2, -0.15) is 27.0 Å². The fraction of sp³-hybridized carbons (Fsp3) is 0.276. The average Bonchev–Trinajstić information content (AvgIpc) is 3.51. The van der Waals surface area contributed by atoms with Crippen LogP contribution in [0.5, 0.6) is 11.5 Å². The number of aromatic nitrogens is 1. The van der Waals surface area contributed by atoms with Crippen LogP contribution in [0.25, 0.3) is 10.2 Å². The number of hydrogen-bond acceptors (Lipinski definition) is 6. The third kappa shape index (κ3) is 5.38. The van der Waals surface area contributed by atoms with Crippen molar-refractivity contribution in [1.82, 2.24) is 15.2 Å². The van der Waals surface area contributed by atoms with Crippen LogP contribution < -0.4 is 20.3 Å². The van der Waals surface area contributed by atoms with Crippen molar-refractivity contribution >= 4 is 77.5 Å². The fourth-order valence-electron chi connectivity index (χ4n) is 5.51. The Bertz CT molecular complexity index is 1540. The first-order valence-corrected chi connectivity index (χ1v) is 13.6. The van der Waals surface area contributed by atoms with E-state index in [0.717, 1.165) is 41.6 Å². The number of benzene rings is 2. The highest BCUT2D eigenvalue weighted by Crippen LogP contribution is 2.46. The van der Waals surface area contributed by atoms with E-state index in [-0.39, 0.29) is 45.0 Å². The minimum absolute atomic E-state index is 0. The van der Waals surface area contributed by atoms with E-state index in [0.29, 0.717) is 32.9 Å². The zero-order valence-corrected chi connectivity index (χ0v) is 25.3. The zero-order valence-electron chi connectivity index (χ0n) is 22.5. The molecule has 8 nitrogen and oxygen atoms in total. The van der Waals surface area contributed by atoms with Gasteiger partial charge in [0.1, 0.15) is 21.2 Å². The molecule has 3 heterocycles. The summed E-state index contributed by atoms with van der Waals surface area (Å²) in [4.78, 5) is 36.5. The Morgan fingerprint density at radius 1 is 1.07 bits per heavy atom. The molecule has 3 amide bonds. The van der Waals surface area contributed by atoms with Gasteiger partial charge in [0, 0.05) is 18.3 Å². The van der Waals surface area contributed by atoms with E-state index in [9.17, 15) is 9.59 Å². The average molecular weight is 596 g/mol. The predicted octanol–water partition coefficient (Wildman–Crippen LogP) is 6.52. The molecule has 1 saturated carbocycles. The maximum atomic E-state index is 13.5. The highest BCUT2D eigenvalue weighted by molar-refractivity contribution is 7.59. The lowest BCUT2D eigenvalue weighted by Crippen LogP contribution is -2.46. The zero-order chi connectivity index (χ0) is 26.4. The minimum Gasteiger partial charge on any atom is -0.457 e. The molecule has 2 N–H and O–H groups in total. The summed E-state index contributed by atoms with van der Waals surface area (Å²) >= 11 is 1.31. The van der Waals surface area contributed by atoms with Crippen LogP contribution in [-0.4, -0.2) is 48.0 Å². The van der Waals surface area contributed by atoms with Crippen LogP contribution in [0.2, 0.25) is 0 Å². The summed E-state index contributed by atoms with van der Waals surface area (Å²) in [6.45, 7) is 1.95. The van der Waals surface area contributed by atoms with Crippen LogP contribution in [0.4, 0.5) is 21.9 Å². The number of rotatable bonds is 6. The summed E-state index contributed by atoms with van der Waals surface area (Å²) in [7, 11) is 4.09. The smallest absolute Gasteiger partial charge is 0.331 e. The van der Waals surface area contributed by atoms with Crippen molar-refractivity contribution in [3.8, 4) is 11.5 Å². The number of anilines is 3. The number of nitrogens with zero attached hydrogens (tertiary/aromatic N) is 3. The van der Waals surface area contributed by atoms with Gasteiger partial charge in [0.25, 0.3) is 5.91 Å². The van der Waals surface area contributed by atoms with E-state index < -0.39 is 0 Å². The van der Waals surface area contributed by atoms with E-state index in [2.05, 4.69) is 20.5 Å². The molecule has 1 aliphatic carbocycles. The molecule has 2 atom stereocenters. The molecule has 11 heteroatoms. The van der Waals surface area contributed by atoms with Crippen molar-refractivity contribution in [1.29, 1.82) is 0 Å². The molecule has 210 valence electrons. The molecule has 1 fully saturated rings. The lowest BCUT2D eigenvalue weighted by atomic mass is 10.1. The summed E-state index contributed by atoms with van der Waals surface area (Å²) in [6.07, 6.45) is 4.77. The fourth-order valence-corrected chi connectivity index (χ4v) is 6.53. The van der Waals surface area contributed by atoms with E-state index in [4.69, 9.17) is 4.74 Å². The summed E-state index contributed by atoms with van der Waals surface area (Å²) in [5, 5.41) is 7.00. The molecule has 4 aromatic rings. The van der Waals surface area contributed by atoms with Gasteiger partial charge in [0.2, 0.25) is 0 Å². The first-order chi connectivity index (χ1) is 18.4. The molecular weight excluding hydrogens is 563 g/mol. The predicted molar refractivity (Wildman–Crippen MR) is 172 cm³/mol.